The van der Waals surface area contributed by atoms with E-state index in [1.165, 1.54) is 0 Å². The van der Waals surface area contributed by atoms with E-state index in [4.69, 9.17) is 0 Å². The van der Waals surface area contributed by atoms with Gasteiger partial charge in [0.05, 0.1) is 0 Å². The summed E-state index contributed by atoms with van der Waals surface area (Å²) in [6.45, 7) is 2.11. The maximum absolute atomic E-state index is 13.2. The Morgan fingerprint density at radius 1 is 1.14 bits per heavy atom. The van der Waals surface area contributed by atoms with E-state index < -0.39 is 17.5 Å². The van der Waals surface area contributed by atoms with Gasteiger partial charge in [-0.3, -0.25) is 10.00 Å². The summed E-state index contributed by atoms with van der Waals surface area (Å²) >= 11 is 0. The molecule has 1 aromatic carbocycles. The average molecular weight is 295 g/mol. The number of benzene rings is 1. The number of piperidine rings is 1. The molecule has 2 heterocycles. The minimum Gasteiger partial charge on any atom is -0.299 e. The van der Waals surface area contributed by atoms with Crippen molar-refractivity contribution in [3.8, 4) is 0 Å². The Morgan fingerprint density at radius 2 is 1.81 bits per heavy atom. The minimum atomic E-state index is -1.41. The summed E-state index contributed by atoms with van der Waals surface area (Å²) in [4.78, 5) is 2.12. The molecule has 0 saturated carbocycles. The van der Waals surface area contributed by atoms with Gasteiger partial charge in [0.2, 0.25) is 0 Å². The summed E-state index contributed by atoms with van der Waals surface area (Å²) in [5, 5.41) is 6.94. The molecule has 0 atom stereocenters. The molecule has 0 amide bonds. The number of H-pyrrole nitrogens is 1. The molecule has 0 aliphatic carbocycles. The van der Waals surface area contributed by atoms with E-state index in [0.29, 0.717) is 18.0 Å². The Hall–Kier alpha value is -1.82. The van der Waals surface area contributed by atoms with Crippen LogP contribution in [0.25, 0.3) is 0 Å². The second-order valence-corrected chi connectivity index (χ2v) is 5.44. The first-order valence-corrected chi connectivity index (χ1v) is 6.98. The zero-order valence-electron chi connectivity index (χ0n) is 11.5. The number of rotatable bonds is 3. The number of hydrogen-bond donors (Lipinski definition) is 1. The van der Waals surface area contributed by atoms with Crippen molar-refractivity contribution in [2.45, 2.75) is 25.3 Å². The van der Waals surface area contributed by atoms with Gasteiger partial charge in [0, 0.05) is 24.4 Å². The number of likely N-dealkylation sites (tertiary alicyclic amines) is 1. The van der Waals surface area contributed by atoms with Gasteiger partial charge in [-0.1, -0.05) is 0 Å². The van der Waals surface area contributed by atoms with Gasteiger partial charge in [-0.05, 0) is 49.7 Å². The number of halogens is 3. The van der Waals surface area contributed by atoms with Gasteiger partial charge in [-0.15, -0.1) is 0 Å². The van der Waals surface area contributed by atoms with Crippen molar-refractivity contribution >= 4 is 0 Å². The van der Waals surface area contributed by atoms with Crippen LogP contribution in [0, 0.1) is 17.5 Å². The van der Waals surface area contributed by atoms with Gasteiger partial charge in [0.15, 0.2) is 17.5 Å². The molecule has 1 aromatic heterocycles. The Morgan fingerprint density at radius 3 is 2.38 bits per heavy atom. The summed E-state index contributed by atoms with van der Waals surface area (Å²) in [5.41, 5.74) is 1.60. The quantitative estimate of drug-likeness (QED) is 0.882. The third kappa shape index (κ3) is 3.10. The predicted octanol–water partition coefficient (Wildman–Crippen LogP) is 3.21. The molecule has 1 aliphatic rings. The SMILES string of the molecule is Fc1cc(CN2CCC(c3ccn[nH]3)CC2)cc(F)c1F. The topological polar surface area (TPSA) is 31.9 Å². The molecule has 6 heteroatoms. The first kappa shape index (κ1) is 14.1. The highest BCUT2D eigenvalue weighted by Crippen LogP contribution is 2.27. The van der Waals surface area contributed by atoms with Crippen LogP contribution in [0.4, 0.5) is 13.2 Å². The maximum atomic E-state index is 13.2. The van der Waals surface area contributed by atoms with Crippen molar-refractivity contribution in [1.29, 1.82) is 0 Å². The summed E-state index contributed by atoms with van der Waals surface area (Å²) in [7, 11) is 0. The van der Waals surface area contributed by atoms with E-state index >= 15 is 0 Å². The number of nitrogens with one attached hydrogen (secondary N) is 1. The van der Waals surface area contributed by atoms with Crippen LogP contribution in [0.5, 0.6) is 0 Å². The molecular formula is C15H16F3N3. The van der Waals surface area contributed by atoms with E-state index in [0.717, 1.165) is 43.8 Å². The Kier molecular flexibility index (Phi) is 3.96. The van der Waals surface area contributed by atoms with Crippen molar-refractivity contribution in [3.05, 3.63) is 53.1 Å². The van der Waals surface area contributed by atoms with Crippen LogP contribution in [0.1, 0.15) is 30.0 Å². The standard InChI is InChI=1S/C15H16F3N3/c16-12-7-10(8-13(17)15(12)18)9-21-5-2-11(3-6-21)14-1-4-19-20-14/h1,4,7-8,11H,2-3,5-6,9H2,(H,19,20). The van der Waals surface area contributed by atoms with E-state index in [-0.39, 0.29) is 0 Å². The molecule has 1 saturated heterocycles. The molecule has 2 aromatic rings. The molecule has 3 nitrogen and oxygen atoms in total. The molecule has 21 heavy (non-hydrogen) atoms. The number of aromatic amines is 1. The first-order valence-electron chi connectivity index (χ1n) is 6.98. The summed E-state index contributed by atoms with van der Waals surface area (Å²) in [5.74, 6) is -3.21. The fourth-order valence-electron chi connectivity index (χ4n) is 2.85. The van der Waals surface area contributed by atoms with Crippen LogP contribution in [0.2, 0.25) is 0 Å². The fraction of sp³-hybridized carbons (Fsp3) is 0.400. The highest BCUT2D eigenvalue weighted by atomic mass is 19.2. The predicted molar refractivity (Wildman–Crippen MR) is 72.2 cm³/mol. The van der Waals surface area contributed by atoms with Crippen molar-refractivity contribution in [1.82, 2.24) is 15.1 Å². The van der Waals surface area contributed by atoms with E-state index in [1.54, 1.807) is 6.20 Å². The normalized spacial score (nSPS) is 17.3. The van der Waals surface area contributed by atoms with Crippen molar-refractivity contribution in [2.24, 2.45) is 0 Å². The van der Waals surface area contributed by atoms with Crippen molar-refractivity contribution in [2.75, 3.05) is 13.1 Å². The fourth-order valence-corrected chi connectivity index (χ4v) is 2.85. The van der Waals surface area contributed by atoms with Gasteiger partial charge < -0.3 is 0 Å². The second kappa shape index (κ2) is 5.89. The highest BCUT2D eigenvalue weighted by Gasteiger charge is 2.22. The lowest BCUT2D eigenvalue weighted by Crippen LogP contribution is -2.32. The van der Waals surface area contributed by atoms with Gasteiger partial charge in [0.1, 0.15) is 0 Å². The molecule has 0 radical (unpaired) electrons. The van der Waals surface area contributed by atoms with Gasteiger partial charge >= 0.3 is 0 Å². The highest BCUT2D eigenvalue weighted by molar-refractivity contribution is 5.19. The maximum Gasteiger partial charge on any atom is 0.194 e. The Bertz CT molecular complexity index is 582. The molecule has 1 aliphatic heterocycles. The second-order valence-electron chi connectivity index (χ2n) is 5.44. The van der Waals surface area contributed by atoms with Crippen LogP contribution in [-0.2, 0) is 6.54 Å². The summed E-state index contributed by atoms with van der Waals surface area (Å²) in [6.07, 6.45) is 3.68. The van der Waals surface area contributed by atoms with Crippen LogP contribution in [-0.4, -0.2) is 28.2 Å². The summed E-state index contributed by atoms with van der Waals surface area (Å²) < 4.78 is 39.3. The van der Waals surface area contributed by atoms with Crippen LogP contribution in [0.3, 0.4) is 0 Å². The van der Waals surface area contributed by atoms with Crippen LogP contribution in [0.15, 0.2) is 24.4 Å². The molecule has 112 valence electrons. The third-order valence-electron chi connectivity index (χ3n) is 4.00. The molecule has 3 rings (SSSR count). The van der Waals surface area contributed by atoms with Crippen LogP contribution < -0.4 is 0 Å². The van der Waals surface area contributed by atoms with Gasteiger partial charge in [-0.25, -0.2) is 13.2 Å². The monoisotopic (exact) mass is 295 g/mol. The van der Waals surface area contributed by atoms with Crippen molar-refractivity contribution < 1.29 is 13.2 Å². The van der Waals surface area contributed by atoms with E-state index in [9.17, 15) is 13.2 Å². The minimum absolute atomic E-state index is 0.434. The first-order chi connectivity index (χ1) is 10.1. The third-order valence-corrected chi connectivity index (χ3v) is 4.00. The largest absolute Gasteiger partial charge is 0.299 e. The molecule has 1 fully saturated rings. The number of aromatic nitrogens is 2. The zero-order valence-corrected chi connectivity index (χ0v) is 11.5. The molecule has 1 N–H and O–H groups in total. The van der Waals surface area contributed by atoms with Crippen molar-refractivity contribution in [3.63, 3.8) is 0 Å². The van der Waals surface area contributed by atoms with Gasteiger partial charge in [-0.2, -0.15) is 5.10 Å². The molecule has 0 spiro atoms. The van der Waals surface area contributed by atoms with E-state index in [1.807, 2.05) is 6.07 Å². The van der Waals surface area contributed by atoms with Crippen LogP contribution >= 0.6 is 0 Å². The average Bonchev–Trinajstić information content (AvgIpc) is 3.00. The number of hydrogen-bond acceptors (Lipinski definition) is 2. The summed E-state index contributed by atoms with van der Waals surface area (Å²) in [6, 6.07) is 4.11. The lowest BCUT2D eigenvalue weighted by atomic mass is 9.93. The lowest BCUT2D eigenvalue weighted by Gasteiger charge is -2.31. The molecule has 0 bridgehead atoms. The van der Waals surface area contributed by atoms with E-state index in [2.05, 4.69) is 15.1 Å². The Labute approximate surface area is 120 Å². The Balaban J connectivity index is 1.60. The zero-order chi connectivity index (χ0) is 14.8. The van der Waals surface area contributed by atoms with Gasteiger partial charge in [0.25, 0.3) is 0 Å². The molecular weight excluding hydrogens is 279 g/mol. The lowest BCUT2D eigenvalue weighted by molar-refractivity contribution is 0.202. The molecule has 0 unspecified atom stereocenters. The smallest absolute Gasteiger partial charge is 0.194 e. The number of nitrogens with zero attached hydrogens (tertiary/aromatic N) is 2.